The number of hydrogen-bond acceptors (Lipinski definition) is 6. The first-order valence-electron chi connectivity index (χ1n) is 11.2. The molecule has 8 nitrogen and oxygen atoms in total. The molecule has 2 amide bonds. The summed E-state index contributed by atoms with van der Waals surface area (Å²) in [5, 5.41) is 3.23. The summed E-state index contributed by atoms with van der Waals surface area (Å²) in [6.07, 6.45) is 10.7. The molecule has 1 aliphatic carbocycles. The topological polar surface area (TPSA) is 91.3 Å². The first-order chi connectivity index (χ1) is 15.2. The molecule has 0 radical (unpaired) electrons. The SMILES string of the molecule is O=C(c1ccncc1)N1CCC[C@]2(C(=O)NCC3CC3)CN(c3ncccn3)C[C@@H]2C1. The highest BCUT2D eigenvalue weighted by atomic mass is 16.2. The lowest BCUT2D eigenvalue weighted by Crippen LogP contribution is -2.48. The smallest absolute Gasteiger partial charge is 0.253 e. The molecule has 1 saturated carbocycles. The van der Waals surface area contributed by atoms with Crippen LogP contribution in [0.4, 0.5) is 5.95 Å². The van der Waals surface area contributed by atoms with Gasteiger partial charge in [0.05, 0.1) is 5.41 Å². The van der Waals surface area contributed by atoms with Crippen LogP contribution in [0, 0.1) is 17.3 Å². The Morgan fingerprint density at radius 1 is 1.10 bits per heavy atom. The Morgan fingerprint density at radius 3 is 2.61 bits per heavy atom. The first-order valence-corrected chi connectivity index (χ1v) is 11.2. The van der Waals surface area contributed by atoms with Crippen LogP contribution in [0.3, 0.4) is 0 Å². The second kappa shape index (κ2) is 8.24. The van der Waals surface area contributed by atoms with Crippen LogP contribution in [-0.4, -0.2) is 64.4 Å². The normalized spacial score (nSPS) is 25.6. The molecule has 2 atom stereocenters. The minimum Gasteiger partial charge on any atom is -0.355 e. The van der Waals surface area contributed by atoms with Gasteiger partial charge in [-0.15, -0.1) is 0 Å². The fraction of sp³-hybridized carbons (Fsp3) is 0.522. The molecule has 0 bridgehead atoms. The molecule has 2 aliphatic heterocycles. The lowest BCUT2D eigenvalue weighted by molar-refractivity contribution is -0.132. The molecule has 3 aliphatic rings. The van der Waals surface area contributed by atoms with Crippen molar-refractivity contribution in [3.05, 3.63) is 48.5 Å². The number of carbonyl (C=O) groups is 2. The zero-order valence-electron chi connectivity index (χ0n) is 17.6. The number of likely N-dealkylation sites (tertiary alicyclic amines) is 1. The quantitative estimate of drug-likeness (QED) is 0.793. The van der Waals surface area contributed by atoms with Gasteiger partial charge in [0.2, 0.25) is 11.9 Å². The van der Waals surface area contributed by atoms with E-state index in [9.17, 15) is 9.59 Å². The summed E-state index contributed by atoms with van der Waals surface area (Å²) in [5.74, 6) is 1.44. The van der Waals surface area contributed by atoms with E-state index in [1.54, 1.807) is 43.0 Å². The molecule has 1 N–H and O–H groups in total. The van der Waals surface area contributed by atoms with Crippen LogP contribution in [0.25, 0.3) is 0 Å². The Morgan fingerprint density at radius 2 is 1.87 bits per heavy atom. The average molecular weight is 421 g/mol. The Kier molecular flexibility index (Phi) is 5.29. The third-order valence-corrected chi connectivity index (χ3v) is 6.94. The van der Waals surface area contributed by atoms with Gasteiger partial charge < -0.3 is 15.1 Å². The van der Waals surface area contributed by atoms with E-state index in [1.165, 1.54) is 12.8 Å². The molecule has 4 heterocycles. The van der Waals surface area contributed by atoms with Gasteiger partial charge in [-0.3, -0.25) is 14.6 Å². The first kappa shape index (κ1) is 19.9. The van der Waals surface area contributed by atoms with Crippen LogP contribution in [0.15, 0.2) is 43.0 Å². The Bertz CT molecular complexity index is 936. The van der Waals surface area contributed by atoms with Crippen LogP contribution in [0.2, 0.25) is 0 Å². The molecule has 0 unspecified atom stereocenters. The molecule has 5 rings (SSSR count). The standard InChI is InChI=1S/C23H28N6O2/c30-20(18-5-10-24-11-6-18)28-12-1-7-23(21(31)27-13-17-3-4-17)16-29(15-19(23)14-28)22-25-8-2-9-26-22/h2,5-6,8-11,17,19H,1,3-4,7,12-16H2,(H,27,31)/t19-,23-/m0/s1. The molecular formula is C23H28N6O2. The second-order valence-corrected chi connectivity index (χ2v) is 9.03. The molecule has 0 spiro atoms. The van der Waals surface area contributed by atoms with Gasteiger partial charge in [-0.05, 0) is 49.8 Å². The summed E-state index contributed by atoms with van der Waals surface area (Å²) in [5.41, 5.74) is 0.114. The number of nitrogens with zero attached hydrogens (tertiary/aromatic N) is 5. The third kappa shape index (κ3) is 3.98. The van der Waals surface area contributed by atoms with Crippen molar-refractivity contribution in [2.24, 2.45) is 17.3 Å². The molecule has 2 aromatic heterocycles. The molecule has 162 valence electrons. The van der Waals surface area contributed by atoms with Crippen molar-refractivity contribution in [3.63, 3.8) is 0 Å². The average Bonchev–Trinajstić information content (AvgIpc) is 3.61. The van der Waals surface area contributed by atoms with E-state index in [0.29, 0.717) is 43.6 Å². The van der Waals surface area contributed by atoms with E-state index in [-0.39, 0.29) is 17.7 Å². The number of aromatic nitrogens is 3. The molecule has 31 heavy (non-hydrogen) atoms. The van der Waals surface area contributed by atoms with Crippen LogP contribution in [-0.2, 0) is 4.79 Å². The summed E-state index contributed by atoms with van der Waals surface area (Å²) in [4.78, 5) is 43.5. The number of hydrogen-bond donors (Lipinski definition) is 1. The fourth-order valence-corrected chi connectivity index (χ4v) is 5.01. The lowest BCUT2D eigenvalue weighted by Gasteiger charge is -2.32. The third-order valence-electron chi connectivity index (χ3n) is 6.94. The van der Waals surface area contributed by atoms with Crippen LogP contribution in [0.1, 0.15) is 36.0 Å². The van der Waals surface area contributed by atoms with Gasteiger partial charge in [0.1, 0.15) is 0 Å². The second-order valence-electron chi connectivity index (χ2n) is 9.03. The van der Waals surface area contributed by atoms with Crippen molar-refractivity contribution in [2.45, 2.75) is 25.7 Å². The highest BCUT2D eigenvalue weighted by Crippen LogP contribution is 2.44. The number of amides is 2. The van der Waals surface area contributed by atoms with E-state index in [2.05, 4.69) is 25.2 Å². The zero-order chi connectivity index (χ0) is 21.3. The van der Waals surface area contributed by atoms with Crippen molar-refractivity contribution in [1.29, 1.82) is 0 Å². The van der Waals surface area contributed by atoms with Gasteiger partial charge in [-0.25, -0.2) is 9.97 Å². The van der Waals surface area contributed by atoms with E-state index in [4.69, 9.17) is 0 Å². The molecule has 2 saturated heterocycles. The van der Waals surface area contributed by atoms with Gasteiger partial charge >= 0.3 is 0 Å². The number of fused-ring (bicyclic) bond motifs is 1. The summed E-state index contributed by atoms with van der Waals surface area (Å²) in [7, 11) is 0. The number of rotatable bonds is 5. The fourth-order valence-electron chi connectivity index (χ4n) is 5.01. The maximum Gasteiger partial charge on any atom is 0.253 e. The van der Waals surface area contributed by atoms with Crippen molar-refractivity contribution in [2.75, 3.05) is 37.6 Å². The molecule has 3 fully saturated rings. The van der Waals surface area contributed by atoms with Crippen LogP contribution >= 0.6 is 0 Å². The van der Waals surface area contributed by atoms with E-state index in [0.717, 1.165) is 19.4 Å². The largest absolute Gasteiger partial charge is 0.355 e. The summed E-state index contributed by atoms with van der Waals surface area (Å²) < 4.78 is 0. The summed E-state index contributed by atoms with van der Waals surface area (Å²) in [6.45, 7) is 3.24. The highest BCUT2D eigenvalue weighted by Gasteiger charge is 2.54. The lowest BCUT2D eigenvalue weighted by atomic mass is 9.74. The predicted molar refractivity (Wildman–Crippen MR) is 115 cm³/mol. The highest BCUT2D eigenvalue weighted by molar-refractivity contribution is 5.94. The van der Waals surface area contributed by atoms with E-state index in [1.807, 2.05) is 4.90 Å². The summed E-state index contributed by atoms with van der Waals surface area (Å²) in [6, 6.07) is 5.30. The molecular weight excluding hydrogens is 392 g/mol. The molecule has 0 aromatic carbocycles. The number of nitrogens with one attached hydrogen (secondary N) is 1. The predicted octanol–water partition coefficient (Wildman–Crippen LogP) is 1.76. The van der Waals surface area contributed by atoms with E-state index < -0.39 is 5.41 Å². The van der Waals surface area contributed by atoms with Crippen molar-refractivity contribution in [1.82, 2.24) is 25.2 Å². The maximum absolute atomic E-state index is 13.5. The number of carbonyl (C=O) groups excluding carboxylic acids is 2. The van der Waals surface area contributed by atoms with Crippen molar-refractivity contribution < 1.29 is 9.59 Å². The number of pyridine rings is 1. The maximum atomic E-state index is 13.5. The Balaban J connectivity index is 1.40. The van der Waals surface area contributed by atoms with Crippen molar-refractivity contribution >= 4 is 17.8 Å². The van der Waals surface area contributed by atoms with Gasteiger partial charge in [0.15, 0.2) is 0 Å². The zero-order valence-corrected chi connectivity index (χ0v) is 17.6. The minimum atomic E-state index is -0.526. The van der Waals surface area contributed by atoms with E-state index >= 15 is 0 Å². The summed E-state index contributed by atoms with van der Waals surface area (Å²) >= 11 is 0. The van der Waals surface area contributed by atoms with Gasteiger partial charge in [-0.2, -0.15) is 0 Å². The van der Waals surface area contributed by atoms with Gasteiger partial charge in [0.25, 0.3) is 5.91 Å². The number of anilines is 1. The molecule has 2 aromatic rings. The van der Waals surface area contributed by atoms with Gasteiger partial charge in [0, 0.05) is 69.0 Å². The Labute approximate surface area is 182 Å². The minimum absolute atomic E-state index is 0.00556. The monoisotopic (exact) mass is 420 g/mol. The Hall–Kier alpha value is -3.03. The van der Waals surface area contributed by atoms with Crippen LogP contribution < -0.4 is 10.2 Å². The molecule has 8 heteroatoms. The van der Waals surface area contributed by atoms with Gasteiger partial charge in [-0.1, -0.05) is 0 Å². The van der Waals surface area contributed by atoms with Crippen LogP contribution in [0.5, 0.6) is 0 Å². The van der Waals surface area contributed by atoms with Crippen molar-refractivity contribution in [3.8, 4) is 0 Å².